The van der Waals surface area contributed by atoms with Gasteiger partial charge in [-0.1, -0.05) is 0 Å². The number of hydrogen-bond acceptors (Lipinski definition) is 1. The van der Waals surface area contributed by atoms with E-state index in [1.807, 2.05) is 23.5 Å². The van der Waals surface area contributed by atoms with E-state index in [2.05, 4.69) is 24.6 Å². The van der Waals surface area contributed by atoms with Crippen molar-refractivity contribution in [3.63, 3.8) is 0 Å². The van der Waals surface area contributed by atoms with Gasteiger partial charge < -0.3 is 0 Å². The quantitative estimate of drug-likeness (QED) is 0.550. The van der Waals surface area contributed by atoms with Crippen LogP contribution in [0.25, 0.3) is 0 Å². The fourth-order valence-electron chi connectivity index (χ4n) is 0.890. The van der Waals surface area contributed by atoms with E-state index in [1.54, 1.807) is 3.78 Å². The monoisotopic (exact) mass is 244 g/mol. The van der Waals surface area contributed by atoms with Crippen LogP contribution in [-0.2, 0) is 6.42 Å². The molecule has 0 aliphatic rings. The van der Waals surface area contributed by atoms with Crippen LogP contribution in [0.3, 0.4) is 0 Å². The van der Waals surface area contributed by atoms with Crippen LogP contribution >= 0.6 is 11.3 Å². The zero-order chi connectivity index (χ0) is 8.81. The number of thiophene rings is 1. The summed E-state index contributed by atoms with van der Waals surface area (Å²) in [5.41, 5.74) is 1.46. The molecule has 2 heteroatoms. The molecule has 0 amide bonds. The second-order valence-electron chi connectivity index (χ2n) is 2.33. The van der Waals surface area contributed by atoms with E-state index in [0.717, 1.165) is 11.7 Å². The second kappa shape index (κ2) is 5.36. The van der Waals surface area contributed by atoms with Crippen LogP contribution < -0.4 is 3.78 Å². The van der Waals surface area contributed by atoms with Crippen molar-refractivity contribution in [2.75, 3.05) is 0 Å². The zero-order valence-electron chi connectivity index (χ0n) is 6.95. The SMILES string of the molecule is C=CC[Se]c1sccc1CC=C. The van der Waals surface area contributed by atoms with Crippen LogP contribution in [0.2, 0.25) is 5.32 Å². The third-order valence-corrected chi connectivity index (χ3v) is 5.31. The zero-order valence-corrected chi connectivity index (χ0v) is 9.48. The standard InChI is InChI=1S/C10H12SSe/c1-3-5-9-6-7-11-10(9)12-8-4-2/h3-4,6-7H,1-2,5,8H2. The summed E-state index contributed by atoms with van der Waals surface area (Å²) in [6.07, 6.45) is 4.98. The average molecular weight is 243 g/mol. The van der Waals surface area contributed by atoms with Gasteiger partial charge in [0.05, 0.1) is 0 Å². The normalized spacial score (nSPS) is 9.67. The van der Waals surface area contributed by atoms with Gasteiger partial charge in [-0.15, -0.1) is 0 Å². The maximum absolute atomic E-state index is 3.75. The van der Waals surface area contributed by atoms with Crippen LogP contribution in [0.15, 0.2) is 36.8 Å². The minimum absolute atomic E-state index is 0.592. The molecule has 64 valence electrons. The molecule has 0 nitrogen and oxygen atoms in total. The first kappa shape index (κ1) is 9.78. The van der Waals surface area contributed by atoms with Crippen LogP contribution in [-0.4, -0.2) is 15.0 Å². The molecule has 1 rings (SSSR count). The van der Waals surface area contributed by atoms with Gasteiger partial charge >= 0.3 is 84.1 Å². The van der Waals surface area contributed by atoms with E-state index >= 15 is 0 Å². The summed E-state index contributed by atoms with van der Waals surface area (Å²) in [5.74, 6) is 0. The third-order valence-electron chi connectivity index (χ3n) is 1.40. The topological polar surface area (TPSA) is 0 Å². The molecule has 0 aromatic carbocycles. The fourth-order valence-corrected chi connectivity index (χ4v) is 4.02. The summed E-state index contributed by atoms with van der Waals surface area (Å²) in [6.45, 7) is 7.48. The van der Waals surface area contributed by atoms with Gasteiger partial charge in [-0.2, -0.15) is 0 Å². The first-order chi connectivity index (χ1) is 5.88. The Morgan fingerprint density at radius 3 is 2.92 bits per heavy atom. The summed E-state index contributed by atoms with van der Waals surface area (Å²) in [5, 5.41) is 3.30. The number of hydrogen-bond donors (Lipinski definition) is 0. The van der Waals surface area contributed by atoms with E-state index in [1.165, 1.54) is 5.56 Å². The van der Waals surface area contributed by atoms with Crippen LogP contribution in [0, 0.1) is 0 Å². The predicted octanol–water partition coefficient (Wildman–Crippen LogP) is 2.41. The molecular formula is C10H12SSe. The van der Waals surface area contributed by atoms with Crippen molar-refractivity contribution in [1.82, 2.24) is 0 Å². The van der Waals surface area contributed by atoms with Crippen molar-refractivity contribution in [1.29, 1.82) is 0 Å². The van der Waals surface area contributed by atoms with Crippen molar-refractivity contribution in [2.45, 2.75) is 11.7 Å². The molecule has 0 N–H and O–H groups in total. The van der Waals surface area contributed by atoms with Gasteiger partial charge in [0.15, 0.2) is 0 Å². The minimum atomic E-state index is 0.592. The van der Waals surface area contributed by atoms with E-state index < -0.39 is 0 Å². The van der Waals surface area contributed by atoms with Gasteiger partial charge in [0.25, 0.3) is 0 Å². The third kappa shape index (κ3) is 2.63. The Hall–Kier alpha value is -0.301. The molecule has 0 atom stereocenters. The van der Waals surface area contributed by atoms with Gasteiger partial charge in [-0.05, 0) is 0 Å². The Bertz CT molecular complexity index is 263. The molecule has 0 spiro atoms. The van der Waals surface area contributed by atoms with Crippen LogP contribution in [0.4, 0.5) is 0 Å². The van der Waals surface area contributed by atoms with Gasteiger partial charge in [-0.25, -0.2) is 0 Å². The summed E-state index contributed by atoms with van der Waals surface area (Å²) in [7, 11) is 0. The second-order valence-corrected chi connectivity index (χ2v) is 5.99. The fraction of sp³-hybridized carbons (Fsp3) is 0.200. The van der Waals surface area contributed by atoms with E-state index in [9.17, 15) is 0 Å². The predicted molar refractivity (Wildman–Crippen MR) is 58.6 cm³/mol. The molecule has 0 aliphatic carbocycles. The maximum atomic E-state index is 3.75. The Kier molecular flexibility index (Phi) is 4.37. The van der Waals surface area contributed by atoms with Crippen LogP contribution in [0.5, 0.6) is 0 Å². The molecule has 1 aromatic heterocycles. The Morgan fingerprint density at radius 2 is 2.25 bits per heavy atom. The summed E-state index contributed by atoms with van der Waals surface area (Å²) in [6, 6.07) is 2.20. The molecule has 0 aliphatic heterocycles. The molecule has 1 heterocycles. The first-order valence-corrected chi connectivity index (χ1v) is 6.74. The van der Waals surface area contributed by atoms with Crippen molar-refractivity contribution < 1.29 is 0 Å². The Labute approximate surface area is 84.2 Å². The van der Waals surface area contributed by atoms with Gasteiger partial charge in [0, 0.05) is 0 Å². The molecule has 0 radical (unpaired) electrons. The summed E-state index contributed by atoms with van der Waals surface area (Å²) < 4.78 is 1.54. The van der Waals surface area contributed by atoms with Gasteiger partial charge in [0.1, 0.15) is 0 Å². The number of allylic oxidation sites excluding steroid dienone is 2. The van der Waals surface area contributed by atoms with Crippen molar-refractivity contribution in [3.8, 4) is 0 Å². The van der Waals surface area contributed by atoms with Crippen LogP contribution in [0.1, 0.15) is 5.56 Å². The van der Waals surface area contributed by atoms with E-state index in [4.69, 9.17) is 0 Å². The van der Waals surface area contributed by atoms with Gasteiger partial charge in [-0.3, -0.25) is 0 Å². The van der Waals surface area contributed by atoms with Crippen molar-refractivity contribution in [2.24, 2.45) is 0 Å². The van der Waals surface area contributed by atoms with Gasteiger partial charge in [0.2, 0.25) is 0 Å². The van der Waals surface area contributed by atoms with Crippen molar-refractivity contribution in [3.05, 3.63) is 42.3 Å². The molecule has 1 aromatic rings. The molecule has 0 unspecified atom stereocenters. The molecule has 0 bridgehead atoms. The van der Waals surface area contributed by atoms with E-state index in [-0.39, 0.29) is 0 Å². The van der Waals surface area contributed by atoms with Crippen molar-refractivity contribution >= 4 is 30.1 Å². The molecule has 0 saturated carbocycles. The molecule has 0 saturated heterocycles. The van der Waals surface area contributed by atoms with E-state index in [0.29, 0.717) is 15.0 Å². The Morgan fingerprint density at radius 1 is 1.42 bits per heavy atom. The molecule has 0 fully saturated rings. The summed E-state index contributed by atoms with van der Waals surface area (Å²) in [4.78, 5) is 0. The molecule has 12 heavy (non-hydrogen) atoms. The summed E-state index contributed by atoms with van der Waals surface area (Å²) >= 11 is 2.45. The average Bonchev–Trinajstić information content (AvgIpc) is 2.50. The molecular weight excluding hydrogens is 231 g/mol. The Balaban J connectivity index is 2.62. The number of rotatable bonds is 5. The first-order valence-electron chi connectivity index (χ1n) is 3.79.